The summed E-state index contributed by atoms with van der Waals surface area (Å²) < 4.78 is 13.8. The first-order valence-corrected chi connectivity index (χ1v) is 15.0. The van der Waals surface area contributed by atoms with Gasteiger partial charge in [0.25, 0.3) is 0 Å². The van der Waals surface area contributed by atoms with Crippen molar-refractivity contribution in [2.75, 3.05) is 11.9 Å². The zero-order valence-corrected chi connectivity index (χ0v) is 25.7. The van der Waals surface area contributed by atoms with Crippen LogP contribution in [0.25, 0.3) is 0 Å². The summed E-state index contributed by atoms with van der Waals surface area (Å²) >= 11 is 20.2. The molecule has 2 heterocycles. The van der Waals surface area contributed by atoms with E-state index in [1.807, 2.05) is 62.4 Å². The summed E-state index contributed by atoms with van der Waals surface area (Å²) in [6.07, 6.45) is 0. The molecule has 0 aliphatic carbocycles. The van der Waals surface area contributed by atoms with Crippen LogP contribution < -0.4 is 14.8 Å². The fourth-order valence-electron chi connectivity index (χ4n) is 4.59. The van der Waals surface area contributed by atoms with Gasteiger partial charge in [-0.1, -0.05) is 76.9 Å². The highest BCUT2D eigenvalue weighted by Gasteiger charge is 2.33. The van der Waals surface area contributed by atoms with E-state index in [4.69, 9.17) is 54.4 Å². The predicted molar refractivity (Wildman–Crippen MR) is 165 cm³/mol. The third kappa shape index (κ3) is 6.51. The number of Topliss-reactive ketones (excluding diaryl/α,β-unsaturated/α-hetero) is 1. The van der Waals surface area contributed by atoms with E-state index < -0.39 is 6.04 Å². The van der Waals surface area contributed by atoms with Gasteiger partial charge in [-0.25, -0.2) is 4.68 Å². The predicted octanol–water partition coefficient (Wildman–Crippen LogP) is 8.39. The average molecular weight is 630 g/mol. The molecule has 1 atom stereocenters. The van der Waals surface area contributed by atoms with Gasteiger partial charge >= 0.3 is 0 Å². The van der Waals surface area contributed by atoms with E-state index in [9.17, 15) is 4.79 Å². The smallest absolute Gasteiger partial charge is 0.227 e. The van der Waals surface area contributed by atoms with Crippen molar-refractivity contribution >= 4 is 58.3 Å². The van der Waals surface area contributed by atoms with Crippen molar-refractivity contribution in [3.05, 3.63) is 104 Å². The number of nitrogens with zero attached hydrogens (tertiary/aromatic N) is 3. The molecule has 0 saturated heterocycles. The molecule has 0 bridgehead atoms. The van der Waals surface area contributed by atoms with Crippen LogP contribution in [0.4, 0.5) is 5.95 Å². The molecule has 1 aromatic heterocycles. The van der Waals surface area contributed by atoms with E-state index in [0.29, 0.717) is 55.6 Å². The van der Waals surface area contributed by atoms with Crippen LogP contribution in [0.2, 0.25) is 15.1 Å². The molecule has 41 heavy (non-hydrogen) atoms. The minimum Gasteiger partial charge on any atom is -0.490 e. The van der Waals surface area contributed by atoms with Crippen molar-refractivity contribution in [2.24, 2.45) is 0 Å². The van der Waals surface area contributed by atoms with Crippen molar-refractivity contribution in [2.45, 2.75) is 44.3 Å². The molecule has 0 amide bonds. The summed E-state index contributed by atoms with van der Waals surface area (Å²) in [5.41, 5.74) is 3.92. The molecule has 1 aliphatic heterocycles. The number of aromatic nitrogens is 3. The Morgan fingerprint density at radius 3 is 2.54 bits per heavy atom. The Morgan fingerprint density at radius 2 is 1.80 bits per heavy atom. The third-order valence-electron chi connectivity index (χ3n) is 6.51. The van der Waals surface area contributed by atoms with Crippen LogP contribution >= 0.6 is 46.6 Å². The second-order valence-corrected chi connectivity index (χ2v) is 11.5. The maximum absolute atomic E-state index is 12.9. The van der Waals surface area contributed by atoms with Crippen LogP contribution in [0.1, 0.15) is 43.5 Å². The molecule has 1 aliphatic rings. The highest BCUT2D eigenvalue weighted by Crippen LogP contribution is 2.40. The number of thioether (sulfide) groups is 1. The van der Waals surface area contributed by atoms with E-state index in [1.54, 1.807) is 23.7 Å². The number of allylic oxidation sites excluding steroid dienone is 2. The summed E-state index contributed by atoms with van der Waals surface area (Å²) in [7, 11) is 0. The molecule has 0 saturated carbocycles. The molecule has 7 nitrogen and oxygen atoms in total. The minimum absolute atomic E-state index is 0.0675. The van der Waals surface area contributed by atoms with Gasteiger partial charge in [0.2, 0.25) is 11.1 Å². The van der Waals surface area contributed by atoms with Crippen LogP contribution in [-0.2, 0) is 17.2 Å². The quantitative estimate of drug-likeness (QED) is 0.177. The molecule has 212 valence electrons. The van der Waals surface area contributed by atoms with Crippen LogP contribution in [-0.4, -0.2) is 27.2 Å². The van der Waals surface area contributed by atoms with Crippen LogP contribution in [0, 0.1) is 0 Å². The monoisotopic (exact) mass is 628 g/mol. The van der Waals surface area contributed by atoms with Crippen molar-refractivity contribution in [1.82, 2.24) is 14.8 Å². The number of carbonyl (C=O) groups is 1. The summed E-state index contributed by atoms with van der Waals surface area (Å²) in [4.78, 5) is 17.6. The average Bonchev–Trinajstić information content (AvgIpc) is 3.34. The first-order chi connectivity index (χ1) is 19.7. The number of halogens is 3. The Labute approximate surface area is 257 Å². The lowest BCUT2D eigenvalue weighted by molar-refractivity contribution is -0.114. The third-order valence-corrected chi connectivity index (χ3v) is 8.35. The van der Waals surface area contributed by atoms with Gasteiger partial charge in [-0.15, -0.1) is 5.10 Å². The zero-order valence-electron chi connectivity index (χ0n) is 22.6. The number of ketones is 1. The summed E-state index contributed by atoms with van der Waals surface area (Å²) in [5, 5.41) is 10.4. The number of anilines is 1. The molecule has 0 spiro atoms. The number of benzene rings is 3. The van der Waals surface area contributed by atoms with Crippen molar-refractivity contribution < 1.29 is 14.3 Å². The number of ether oxygens (including phenoxy) is 2. The molecule has 0 fully saturated rings. The molecular weight excluding hydrogens is 603 g/mol. The Bertz CT molecular complexity index is 1640. The largest absolute Gasteiger partial charge is 0.490 e. The van der Waals surface area contributed by atoms with Gasteiger partial charge in [-0.2, -0.15) is 4.98 Å². The van der Waals surface area contributed by atoms with E-state index in [1.165, 1.54) is 11.8 Å². The Morgan fingerprint density at radius 1 is 1.00 bits per heavy atom. The number of hydrogen-bond donors (Lipinski definition) is 1. The van der Waals surface area contributed by atoms with E-state index >= 15 is 0 Å². The van der Waals surface area contributed by atoms with Gasteiger partial charge in [0, 0.05) is 37.7 Å². The minimum atomic E-state index is -0.509. The standard InChI is InChI=1S/C30H27Cl3N4O3S/c1-4-39-26-13-19(10-12-25(26)40-15-20-9-11-22(31)14-24(20)33)28-27(18(3)38)17(2)34-29-35-30(36-37(28)29)41-16-21-7-5-6-8-23(21)32/h5-14,28H,4,15-16H2,1-3H3,(H,34,35,36). The highest BCUT2D eigenvalue weighted by atomic mass is 35.5. The summed E-state index contributed by atoms with van der Waals surface area (Å²) in [5.74, 6) is 2.19. The number of carbonyl (C=O) groups excluding carboxylic acids is 1. The van der Waals surface area contributed by atoms with Gasteiger partial charge < -0.3 is 14.8 Å². The lowest BCUT2D eigenvalue weighted by atomic mass is 9.93. The molecule has 1 unspecified atom stereocenters. The maximum atomic E-state index is 12.9. The van der Waals surface area contributed by atoms with Gasteiger partial charge in [0.05, 0.1) is 6.61 Å². The van der Waals surface area contributed by atoms with Crippen molar-refractivity contribution in [3.8, 4) is 11.5 Å². The van der Waals surface area contributed by atoms with Gasteiger partial charge in [0.1, 0.15) is 12.6 Å². The van der Waals surface area contributed by atoms with Gasteiger partial charge in [-0.3, -0.25) is 4.79 Å². The molecule has 0 radical (unpaired) electrons. The lowest BCUT2D eigenvalue weighted by Gasteiger charge is -2.28. The number of hydrogen-bond acceptors (Lipinski definition) is 7. The van der Waals surface area contributed by atoms with Crippen molar-refractivity contribution in [1.29, 1.82) is 0 Å². The molecule has 5 rings (SSSR count). The summed E-state index contributed by atoms with van der Waals surface area (Å²) in [6.45, 7) is 5.99. The second kappa shape index (κ2) is 12.8. The highest BCUT2D eigenvalue weighted by molar-refractivity contribution is 7.98. The molecule has 3 aromatic carbocycles. The number of fused-ring (bicyclic) bond motifs is 1. The molecule has 11 heteroatoms. The molecule has 1 N–H and O–H groups in total. The fraction of sp³-hybridized carbons (Fsp3) is 0.233. The normalized spacial score (nSPS) is 14.4. The Kier molecular flexibility index (Phi) is 9.14. The summed E-state index contributed by atoms with van der Waals surface area (Å²) in [6, 6.07) is 18.1. The SMILES string of the molecule is CCOc1cc(C2C(C(C)=O)=C(C)Nc3nc(SCc4ccccc4Cl)nn32)ccc1OCc1ccc(Cl)cc1Cl. The number of rotatable bonds is 10. The number of nitrogens with one attached hydrogen (secondary N) is 1. The Balaban J connectivity index is 1.46. The zero-order chi connectivity index (χ0) is 29.1. The van der Waals surface area contributed by atoms with E-state index in [0.717, 1.165) is 22.4 Å². The second-order valence-electron chi connectivity index (χ2n) is 9.33. The first kappa shape index (κ1) is 29.3. The van der Waals surface area contributed by atoms with Crippen LogP contribution in [0.15, 0.2) is 77.1 Å². The fourth-order valence-corrected chi connectivity index (χ4v) is 6.17. The maximum Gasteiger partial charge on any atom is 0.227 e. The van der Waals surface area contributed by atoms with Crippen LogP contribution in [0.3, 0.4) is 0 Å². The first-order valence-electron chi connectivity index (χ1n) is 12.9. The lowest BCUT2D eigenvalue weighted by Crippen LogP contribution is -2.27. The molecular formula is C30H27Cl3N4O3S. The topological polar surface area (TPSA) is 78.3 Å². The van der Waals surface area contributed by atoms with E-state index in [2.05, 4.69) is 5.32 Å². The molecule has 4 aromatic rings. The van der Waals surface area contributed by atoms with Gasteiger partial charge in [-0.05, 0) is 62.2 Å². The van der Waals surface area contributed by atoms with Crippen molar-refractivity contribution in [3.63, 3.8) is 0 Å². The van der Waals surface area contributed by atoms with E-state index in [-0.39, 0.29) is 12.4 Å². The van der Waals surface area contributed by atoms with Crippen LogP contribution in [0.5, 0.6) is 11.5 Å². The Hall–Kier alpha value is -3.17. The van der Waals surface area contributed by atoms with Gasteiger partial charge in [0.15, 0.2) is 17.3 Å².